The van der Waals surface area contributed by atoms with Gasteiger partial charge in [-0.05, 0) is 55.8 Å². The third-order valence-electron chi connectivity index (χ3n) is 6.58. The SMILES string of the molecule is CCCCCCN1CC[C@](C)(c2ccccc2NS(=O)(=O)CCC(=O)OCC)[C@@H](C)C1. The summed E-state index contributed by atoms with van der Waals surface area (Å²) < 4.78 is 32.8. The number of hydrogen-bond acceptors (Lipinski definition) is 5. The van der Waals surface area contributed by atoms with Crippen molar-refractivity contribution in [2.45, 2.75) is 71.6 Å². The number of anilines is 1. The first-order valence-electron chi connectivity index (χ1n) is 11.7. The van der Waals surface area contributed by atoms with Crippen LogP contribution in [0.5, 0.6) is 0 Å². The van der Waals surface area contributed by atoms with Crippen LogP contribution in [0.2, 0.25) is 0 Å². The Morgan fingerprint density at radius 1 is 1.23 bits per heavy atom. The Hall–Kier alpha value is -1.60. The van der Waals surface area contributed by atoms with Crippen molar-refractivity contribution in [2.75, 3.05) is 36.7 Å². The minimum absolute atomic E-state index is 0.111. The highest BCUT2D eigenvalue weighted by molar-refractivity contribution is 7.92. The summed E-state index contributed by atoms with van der Waals surface area (Å²) in [5.41, 5.74) is 1.55. The van der Waals surface area contributed by atoms with Crippen LogP contribution in [0.25, 0.3) is 0 Å². The van der Waals surface area contributed by atoms with Gasteiger partial charge in [0, 0.05) is 6.54 Å². The molecule has 1 aliphatic rings. The molecule has 1 saturated heterocycles. The molecule has 0 unspecified atom stereocenters. The maximum Gasteiger partial charge on any atom is 0.306 e. The number of para-hydroxylation sites is 1. The number of ether oxygens (including phenoxy) is 1. The smallest absolute Gasteiger partial charge is 0.306 e. The van der Waals surface area contributed by atoms with Crippen molar-refractivity contribution in [3.05, 3.63) is 29.8 Å². The maximum absolute atomic E-state index is 12.6. The van der Waals surface area contributed by atoms with Crippen LogP contribution in [0, 0.1) is 5.92 Å². The molecule has 0 radical (unpaired) electrons. The van der Waals surface area contributed by atoms with Gasteiger partial charge in [-0.25, -0.2) is 8.42 Å². The number of rotatable bonds is 12. The van der Waals surface area contributed by atoms with Gasteiger partial charge in [0.15, 0.2) is 0 Å². The topological polar surface area (TPSA) is 75.7 Å². The molecule has 0 spiro atoms. The Labute approximate surface area is 188 Å². The second kappa shape index (κ2) is 11.9. The van der Waals surface area contributed by atoms with Crippen LogP contribution in [0.4, 0.5) is 5.69 Å². The van der Waals surface area contributed by atoms with Gasteiger partial charge in [-0.15, -0.1) is 0 Å². The molecular weight excluding hydrogens is 412 g/mol. The minimum Gasteiger partial charge on any atom is -0.466 e. The number of carbonyl (C=O) groups excluding carboxylic acids is 1. The number of piperidine rings is 1. The number of carbonyl (C=O) groups is 1. The van der Waals surface area contributed by atoms with Crippen molar-refractivity contribution in [1.29, 1.82) is 0 Å². The summed E-state index contributed by atoms with van der Waals surface area (Å²) in [6.45, 7) is 11.9. The van der Waals surface area contributed by atoms with E-state index in [2.05, 4.69) is 30.4 Å². The zero-order chi connectivity index (χ0) is 22.9. The summed E-state index contributed by atoms with van der Waals surface area (Å²) in [5, 5.41) is 0. The van der Waals surface area contributed by atoms with Crippen LogP contribution in [0.1, 0.15) is 71.8 Å². The summed E-state index contributed by atoms with van der Waals surface area (Å²) in [6.07, 6.45) is 5.92. The van der Waals surface area contributed by atoms with Crippen LogP contribution >= 0.6 is 0 Å². The van der Waals surface area contributed by atoms with Crippen LogP contribution in [0.15, 0.2) is 24.3 Å². The van der Waals surface area contributed by atoms with E-state index < -0.39 is 16.0 Å². The molecule has 176 valence electrons. The molecule has 2 atom stereocenters. The molecule has 1 aliphatic heterocycles. The molecule has 31 heavy (non-hydrogen) atoms. The molecule has 0 aliphatic carbocycles. The first-order valence-corrected chi connectivity index (χ1v) is 13.3. The van der Waals surface area contributed by atoms with E-state index in [0.717, 1.165) is 31.6 Å². The average molecular weight is 453 g/mol. The van der Waals surface area contributed by atoms with Gasteiger partial charge in [0.2, 0.25) is 10.0 Å². The van der Waals surface area contributed by atoms with E-state index in [9.17, 15) is 13.2 Å². The lowest BCUT2D eigenvalue weighted by atomic mass is 9.67. The first-order chi connectivity index (χ1) is 14.7. The number of sulfonamides is 1. The maximum atomic E-state index is 12.6. The monoisotopic (exact) mass is 452 g/mol. The summed E-state index contributed by atoms with van der Waals surface area (Å²) in [7, 11) is -3.64. The fourth-order valence-electron chi connectivity index (χ4n) is 4.42. The summed E-state index contributed by atoms with van der Waals surface area (Å²) in [4.78, 5) is 14.1. The molecule has 0 bridgehead atoms. The highest BCUT2D eigenvalue weighted by atomic mass is 32.2. The highest BCUT2D eigenvalue weighted by Crippen LogP contribution is 2.42. The van der Waals surface area contributed by atoms with E-state index in [0.29, 0.717) is 11.6 Å². The fourth-order valence-corrected chi connectivity index (χ4v) is 5.47. The van der Waals surface area contributed by atoms with E-state index >= 15 is 0 Å². The van der Waals surface area contributed by atoms with E-state index in [1.54, 1.807) is 6.92 Å². The van der Waals surface area contributed by atoms with E-state index in [4.69, 9.17) is 4.74 Å². The molecular formula is C24H40N2O4S. The quantitative estimate of drug-likeness (QED) is 0.372. The lowest BCUT2D eigenvalue weighted by Crippen LogP contribution is -2.47. The fraction of sp³-hybridized carbons (Fsp3) is 0.708. The molecule has 0 saturated carbocycles. The van der Waals surface area contributed by atoms with Crippen LogP contribution in [-0.2, 0) is 25.0 Å². The molecule has 6 nitrogen and oxygen atoms in total. The van der Waals surface area contributed by atoms with Gasteiger partial charge in [-0.1, -0.05) is 58.2 Å². The van der Waals surface area contributed by atoms with Crippen LogP contribution in [-0.4, -0.2) is 51.3 Å². The zero-order valence-corrected chi connectivity index (χ0v) is 20.5. The number of likely N-dealkylation sites (tertiary alicyclic amines) is 1. The predicted octanol–water partition coefficient (Wildman–Crippen LogP) is 4.56. The molecule has 1 aromatic carbocycles. The minimum atomic E-state index is -3.64. The predicted molar refractivity (Wildman–Crippen MR) is 127 cm³/mol. The molecule has 0 amide bonds. The van der Waals surface area contributed by atoms with Crippen molar-refractivity contribution >= 4 is 21.7 Å². The zero-order valence-electron chi connectivity index (χ0n) is 19.7. The Kier molecular flexibility index (Phi) is 9.82. The number of benzene rings is 1. The molecule has 1 fully saturated rings. The molecule has 1 aromatic rings. The second-order valence-electron chi connectivity index (χ2n) is 8.95. The molecule has 2 rings (SSSR count). The third-order valence-corrected chi connectivity index (χ3v) is 7.86. The van der Waals surface area contributed by atoms with Gasteiger partial charge in [-0.2, -0.15) is 0 Å². The number of nitrogens with zero attached hydrogens (tertiary/aromatic N) is 1. The summed E-state index contributed by atoms with van der Waals surface area (Å²) >= 11 is 0. The van der Waals surface area contributed by atoms with Gasteiger partial charge in [0.25, 0.3) is 0 Å². The first kappa shape index (κ1) is 25.7. The van der Waals surface area contributed by atoms with E-state index in [1.807, 2.05) is 24.3 Å². The Bertz CT molecular complexity index is 812. The third kappa shape index (κ3) is 7.49. The largest absolute Gasteiger partial charge is 0.466 e. The Balaban J connectivity index is 2.07. The number of nitrogens with one attached hydrogen (secondary N) is 1. The summed E-state index contributed by atoms with van der Waals surface area (Å²) in [5.74, 6) is -0.372. The van der Waals surface area contributed by atoms with E-state index in [1.165, 1.54) is 25.7 Å². The van der Waals surface area contributed by atoms with Gasteiger partial charge < -0.3 is 9.64 Å². The Morgan fingerprint density at radius 3 is 2.65 bits per heavy atom. The van der Waals surface area contributed by atoms with Crippen LogP contribution < -0.4 is 4.72 Å². The molecule has 7 heteroatoms. The average Bonchev–Trinajstić information content (AvgIpc) is 2.73. The van der Waals surface area contributed by atoms with Crippen molar-refractivity contribution in [3.8, 4) is 0 Å². The van der Waals surface area contributed by atoms with Crippen molar-refractivity contribution < 1.29 is 17.9 Å². The van der Waals surface area contributed by atoms with Gasteiger partial charge in [0.1, 0.15) is 0 Å². The van der Waals surface area contributed by atoms with Gasteiger partial charge >= 0.3 is 5.97 Å². The molecule has 1 N–H and O–H groups in total. The van der Waals surface area contributed by atoms with Gasteiger partial charge in [-0.3, -0.25) is 9.52 Å². The highest BCUT2D eigenvalue weighted by Gasteiger charge is 2.39. The molecule has 0 aromatic heterocycles. The lowest BCUT2D eigenvalue weighted by molar-refractivity contribution is -0.142. The number of esters is 1. The normalized spacial score (nSPS) is 22.3. The standard InChI is InChI=1S/C24H40N2O4S/c1-5-7-8-11-16-26-17-15-24(4,20(3)19-26)21-12-9-10-13-22(21)25-31(28,29)18-14-23(27)30-6-2/h9-10,12-13,20,25H,5-8,11,14-19H2,1-4H3/t20-,24-/m0/s1. The van der Waals surface area contributed by atoms with Gasteiger partial charge in [0.05, 0.1) is 24.5 Å². The number of hydrogen-bond donors (Lipinski definition) is 1. The Morgan fingerprint density at radius 2 is 1.97 bits per heavy atom. The number of unbranched alkanes of at least 4 members (excludes halogenated alkanes) is 3. The van der Waals surface area contributed by atoms with Crippen molar-refractivity contribution in [3.63, 3.8) is 0 Å². The van der Waals surface area contributed by atoms with Crippen LogP contribution in [0.3, 0.4) is 0 Å². The summed E-state index contributed by atoms with van der Waals surface area (Å²) in [6, 6.07) is 7.69. The van der Waals surface area contributed by atoms with Crippen molar-refractivity contribution in [2.24, 2.45) is 5.92 Å². The van der Waals surface area contributed by atoms with E-state index in [-0.39, 0.29) is 24.2 Å². The van der Waals surface area contributed by atoms with Crippen molar-refractivity contribution in [1.82, 2.24) is 4.90 Å². The lowest BCUT2D eigenvalue weighted by Gasteiger charge is -2.45. The molecule has 1 heterocycles. The second-order valence-corrected chi connectivity index (χ2v) is 10.8.